The van der Waals surface area contributed by atoms with Crippen molar-refractivity contribution < 1.29 is 9.90 Å². The summed E-state index contributed by atoms with van der Waals surface area (Å²) in [6, 6.07) is 0. The molecular formula is C14H22O2. The number of hydrogen-bond acceptors (Lipinski definition) is 2. The second-order valence-corrected chi connectivity index (χ2v) is 6.12. The molecule has 0 aromatic rings. The number of aliphatic hydroxyl groups excluding tert-OH is 1. The number of fused-ring (bicyclic) bond motifs is 1. The summed E-state index contributed by atoms with van der Waals surface area (Å²) in [6.45, 7) is 8.43. The van der Waals surface area contributed by atoms with Crippen LogP contribution in [0.3, 0.4) is 0 Å². The van der Waals surface area contributed by atoms with Crippen LogP contribution in [0, 0.1) is 17.3 Å². The van der Waals surface area contributed by atoms with E-state index >= 15 is 0 Å². The molecule has 0 radical (unpaired) electrons. The molecule has 2 heteroatoms. The van der Waals surface area contributed by atoms with E-state index in [1.54, 1.807) is 0 Å². The fraction of sp³-hybridized carbons (Fsp3) is 0.786. The Morgan fingerprint density at radius 1 is 1.31 bits per heavy atom. The van der Waals surface area contributed by atoms with Crippen LogP contribution in [0.25, 0.3) is 0 Å². The van der Waals surface area contributed by atoms with Crippen LogP contribution >= 0.6 is 0 Å². The lowest BCUT2D eigenvalue weighted by atomic mass is 9.53. The number of aliphatic hydroxyl groups is 1. The molecule has 3 atom stereocenters. The summed E-state index contributed by atoms with van der Waals surface area (Å²) >= 11 is 0. The lowest BCUT2D eigenvalue weighted by Crippen LogP contribution is -2.47. The van der Waals surface area contributed by atoms with E-state index in [9.17, 15) is 9.90 Å². The molecule has 2 nitrogen and oxygen atoms in total. The Balaban J connectivity index is 2.12. The van der Waals surface area contributed by atoms with Crippen molar-refractivity contribution in [3.05, 3.63) is 12.2 Å². The summed E-state index contributed by atoms with van der Waals surface area (Å²) < 4.78 is 0. The fourth-order valence-corrected chi connectivity index (χ4v) is 3.35. The Hall–Kier alpha value is -0.630. The first-order valence-electron chi connectivity index (χ1n) is 6.30. The van der Waals surface area contributed by atoms with Crippen molar-refractivity contribution in [3.8, 4) is 0 Å². The third kappa shape index (κ3) is 1.95. The van der Waals surface area contributed by atoms with Gasteiger partial charge >= 0.3 is 0 Å². The molecule has 1 N–H and O–H groups in total. The average Bonchev–Trinajstić information content (AvgIpc) is 2.24. The lowest BCUT2D eigenvalue weighted by Gasteiger charge is -2.51. The molecule has 0 aliphatic heterocycles. The van der Waals surface area contributed by atoms with Gasteiger partial charge in [-0.2, -0.15) is 0 Å². The maximum Gasteiger partial charge on any atom is 0.136 e. The first kappa shape index (κ1) is 11.8. The van der Waals surface area contributed by atoms with Gasteiger partial charge in [0.2, 0.25) is 0 Å². The molecule has 2 rings (SSSR count). The van der Waals surface area contributed by atoms with E-state index in [0.29, 0.717) is 30.0 Å². The average molecular weight is 222 g/mol. The predicted molar refractivity (Wildman–Crippen MR) is 64.0 cm³/mol. The zero-order valence-corrected chi connectivity index (χ0v) is 10.3. The standard InChI is InChI=1S/C14H22O2/c1-9-4-5-11-10(8-14(11,2)3)13(16)7-6-12(9)15/h10-12,15H,1,4-8H2,2-3H3/t10?,11-,12-/m1/s1. The normalized spacial score (nSPS) is 39.1. The van der Waals surface area contributed by atoms with Crippen LogP contribution in [0.2, 0.25) is 0 Å². The third-order valence-corrected chi connectivity index (χ3v) is 4.56. The van der Waals surface area contributed by atoms with Gasteiger partial charge in [-0.15, -0.1) is 0 Å². The van der Waals surface area contributed by atoms with Crippen LogP contribution in [0.15, 0.2) is 12.2 Å². The highest BCUT2D eigenvalue weighted by Gasteiger charge is 2.49. The molecule has 90 valence electrons. The molecular weight excluding hydrogens is 200 g/mol. The molecule has 0 saturated heterocycles. The molecule has 2 fully saturated rings. The van der Waals surface area contributed by atoms with Crippen molar-refractivity contribution in [2.24, 2.45) is 17.3 Å². The molecule has 2 aliphatic carbocycles. The van der Waals surface area contributed by atoms with Crippen LogP contribution < -0.4 is 0 Å². The molecule has 2 saturated carbocycles. The highest BCUT2D eigenvalue weighted by atomic mass is 16.3. The molecule has 0 bridgehead atoms. The van der Waals surface area contributed by atoms with E-state index in [0.717, 1.165) is 24.8 Å². The van der Waals surface area contributed by atoms with Crippen LogP contribution in [-0.4, -0.2) is 17.0 Å². The van der Waals surface area contributed by atoms with Crippen LogP contribution in [-0.2, 0) is 4.79 Å². The van der Waals surface area contributed by atoms with Crippen molar-refractivity contribution in [3.63, 3.8) is 0 Å². The SMILES string of the molecule is C=C1CC[C@@H]2C(CC2(C)C)C(=O)CC[C@H]1O. The zero-order valence-electron chi connectivity index (χ0n) is 10.3. The first-order valence-corrected chi connectivity index (χ1v) is 6.30. The number of carbonyl (C=O) groups is 1. The van der Waals surface area contributed by atoms with Crippen molar-refractivity contribution in [1.82, 2.24) is 0 Å². The van der Waals surface area contributed by atoms with Gasteiger partial charge in [0.15, 0.2) is 0 Å². The Kier molecular flexibility index (Phi) is 2.95. The van der Waals surface area contributed by atoms with Gasteiger partial charge < -0.3 is 5.11 Å². The van der Waals surface area contributed by atoms with Gasteiger partial charge in [-0.1, -0.05) is 20.4 Å². The third-order valence-electron chi connectivity index (χ3n) is 4.56. The highest BCUT2D eigenvalue weighted by molar-refractivity contribution is 5.82. The summed E-state index contributed by atoms with van der Waals surface area (Å²) in [7, 11) is 0. The molecule has 2 aliphatic rings. The van der Waals surface area contributed by atoms with Gasteiger partial charge in [0, 0.05) is 12.3 Å². The fourth-order valence-electron chi connectivity index (χ4n) is 3.35. The van der Waals surface area contributed by atoms with Gasteiger partial charge in [-0.3, -0.25) is 4.79 Å². The minimum atomic E-state index is -0.468. The van der Waals surface area contributed by atoms with Crippen molar-refractivity contribution >= 4 is 5.78 Å². The molecule has 0 heterocycles. The van der Waals surface area contributed by atoms with Gasteiger partial charge in [-0.25, -0.2) is 0 Å². The van der Waals surface area contributed by atoms with E-state index in [1.807, 2.05) is 0 Å². The topological polar surface area (TPSA) is 37.3 Å². The quantitative estimate of drug-likeness (QED) is 0.640. The lowest BCUT2D eigenvalue weighted by molar-refractivity contribution is -0.137. The number of rotatable bonds is 0. The van der Waals surface area contributed by atoms with Gasteiger partial charge in [0.05, 0.1) is 6.10 Å². The zero-order chi connectivity index (χ0) is 11.9. The first-order chi connectivity index (χ1) is 7.42. The second-order valence-electron chi connectivity index (χ2n) is 6.12. The van der Waals surface area contributed by atoms with E-state index in [2.05, 4.69) is 20.4 Å². The maximum atomic E-state index is 12.0. The molecule has 0 amide bonds. The van der Waals surface area contributed by atoms with Crippen molar-refractivity contribution in [1.29, 1.82) is 0 Å². The van der Waals surface area contributed by atoms with Crippen molar-refractivity contribution in [2.75, 3.05) is 0 Å². The van der Waals surface area contributed by atoms with E-state index < -0.39 is 6.10 Å². The summed E-state index contributed by atoms with van der Waals surface area (Å²) in [5, 5.41) is 9.80. The molecule has 1 unspecified atom stereocenters. The number of Topliss-reactive ketones (excluding diaryl/α,β-unsaturated/α-hetero) is 1. The monoisotopic (exact) mass is 222 g/mol. The Labute approximate surface area is 97.7 Å². The minimum absolute atomic E-state index is 0.257. The van der Waals surface area contributed by atoms with E-state index in [4.69, 9.17) is 0 Å². The summed E-state index contributed by atoms with van der Waals surface area (Å²) in [5.74, 6) is 1.12. The molecule has 16 heavy (non-hydrogen) atoms. The van der Waals surface area contributed by atoms with Gasteiger partial charge in [0.1, 0.15) is 5.78 Å². The van der Waals surface area contributed by atoms with Crippen LogP contribution in [0.5, 0.6) is 0 Å². The largest absolute Gasteiger partial charge is 0.389 e. The Morgan fingerprint density at radius 2 is 2.00 bits per heavy atom. The van der Waals surface area contributed by atoms with Gasteiger partial charge in [0.25, 0.3) is 0 Å². The smallest absolute Gasteiger partial charge is 0.136 e. The van der Waals surface area contributed by atoms with Crippen molar-refractivity contribution in [2.45, 2.75) is 52.1 Å². The minimum Gasteiger partial charge on any atom is -0.389 e. The van der Waals surface area contributed by atoms with Crippen LogP contribution in [0.1, 0.15) is 46.0 Å². The molecule has 0 aromatic heterocycles. The summed E-state index contributed by atoms with van der Waals surface area (Å²) in [4.78, 5) is 12.0. The Bertz CT molecular complexity index is 317. The molecule has 0 spiro atoms. The summed E-state index contributed by atoms with van der Waals surface area (Å²) in [5.41, 5.74) is 1.21. The number of hydrogen-bond donors (Lipinski definition) is 1. The molecule has 0 aromatic carbocycles. The van der Waals surface area contributed by atoms with Gasteiger partial charge in [-0.05, 0) is 42.6 Å². The van der Waals surface area contributed by atoms with E-state index in [-0.39, 0.29) is 5.92 Å². The predicted octanol–water partition coefficient (Wildman–Crippen LogP) is 2.71. The maximum absolute atomic E-state index is 12.0. The van der Waals surface area contributed by atoms with Crippen LogP contribution in [0.4, 0.5) is 0 Å². The number of ketones is 1. The second kappa shape index (κ2) is 3.99. The Morgan fingerprint density at radius 3 is 2.62 bits per heavy atom. The highest BCUT2D eigenvalue weighted by Crippen LogP contribution is 2.54. The summed E-state index contributed by atoms with van der Waals surface area (Å²) in [6.07, 6.45) is 3.54. The van der Waals surface area contributed by atoms with E-state index in [1.165, 1.54) is 0 Å². The number of carbonyl (C=O) groups excluding carboxylic acids is 1.